The Morgan fingerprint density at radius 1 is 0.981 bits per heavy atom. The Hall–Kier alpha value is -3.17. The van der Waals surface area contributed by atoms with E-state index in [9.17, 15) is 34.2 Å². The van der Waals surface area contributed by atoms with E-state index in [4.69, 9.17) is 4.74 Å². The van der Waals surface area contributed by atoms with Crippen molar-refractivity contribution in [1.82, 2.24) is 4.90 Å². The molecule has 3 fully saturated rings. The van der Waals surface area contributed by atoms with Crippen molar-refractivity contribution in [2.24, 2.45) is 29.6 Å². The monoisotopic (exact) mass is 752 g/mol. The fourth-order valence-electron chi connectivity index (χ4n) is 8.44. The predicted octanol–water partition coefficient (Wildman–Crippen LogP) is 8.89. The number of carboxylic acid groups (broad SMARTS) is 1. The van der Waals surface area contributed by atoms with E-state index in [0.717, 1.165) is 54.6 Å². The predicted molar refractivity (Wildman–Crippen MR) is 212 cm³/mol. The summed E-state index contributed by atoms with van der Waals surface area (Å²) in [5.74, 6) is -5.59. The van der Waals surface area contributed by atoms with Gasteiger partial charge in [-0.3, -0.25) is 19.2 Å². The first-order chi connectivity index (χ1) is 25.7. The van der Waals surface area contributed by atoms with Gasteiger partial charge in [0.2, 0.25) is 5.79 Å². The number of allylic oxidation sites excluding steroid dienone is 8. The van der Waals surface area contributed by atoms with Gasteiger partial charge in [0.1, 0.15) is 17.6 Å². The second-order valence-corrected chi connectivity index (χ2v) is 16.3. The molecular weight excluding hydrogens is 682 g/mol. The molecule has 0 spiro atoms. The number of hydrogen-bond donors (Lipinski definition) is 2. The summed E-state index contributed by atoms with van der Waals surface area (Å²) >= 11 is 0. The standard InChI is InChI=1S/C45H69NO8/c1-7-9-22-37(47)25-24-32(4)39(35-19-13-11-14-20-35)30-41(48)33(5)18-12-10-15-21-36(29-31(3)8-2)38-26-28-54-45(53,34(38)6)42(49)43(50)46-27-17-16-23-40(46)44(51)52/h10,15,21,24,29,33-35,38-40,53H,7-9,11-14,16-20,22-23,25-28,30H2,1-6H3,(H,51,52)/b15-10+,31-29+,32-24+,36-21+/t33-,34-,38+,39+,40+,45-/m1/s1. The molecule has 54 heavy (non-hydrogen) atoms. The molecule has 9 heteroatoms. The SMILES string of the molecule is CCCCC(=O)C/C=C(\C)[C@H](CC(=O)[C@H](C)CC/C=C/C=C(\C=C(/C)CC)[C@H]1CCO[C@@](O)(C(=O)C(=O)N2CCCC[C@H]2C(=O)O)[C@@H]1C)C1CCCCC1. The number of aliphatic carboxylic acids is 1. The van der Waals surface area contributed by atoms with Gasteiger partial charge in [-0.25, -0.2) is 4.79 Å². The van der Waals surface area contributed by atoms with Crippen LogP contribution in [0.15, 0.2) is 47.1 Å². The van der Waals surface area contributed by atoms with Crippen molar-refractivity contribution in [3.8, 4) is 0 Å². The molecule has 0 bridgehead atoms. The largest absolute Gasteiger partial charge is 0.480 e. The Labute approximate surface area is 324 Å². The third-order valence-electron chi connectivity index (χ3n) is 12.4. The van der Waals surface area contributed by atoms with Gasteiger partial charge < -0.3 is 19.8 Å². The van der Waals surface area contributed by atoms with Crippen LogP contribution in [0.1, 0.15) is 151 Å². The first-order valence-electron chi connectivity index (χ1n) is 20.9. The van der Waals surface area contributed by atoms with Crippen LogP contribution in [0.25, 0.3) is 0 Å². The molecule has 1 aliphatic carbocycles. The first-order valence-corrected chi connectivity index (χ1v) is 20.9. The van der Waals surface area contributed by atoms with E-state index in [1.807, 2.05) is 26.0 Å². The maximum absolute atomic E-state index is 13.6. The second kappa shape index (κ2) is 22.4. The minimum Gasteiger partial charge on any atom is -0.480 e. The number of piperidine rings is 1. The maximum Gasteiger partial charge on any atom is 0.326 e. The van der Waals surface area contributed by atoms with Gasteiger partial charge in [-0.15, -0.1) is 0 Å². The molecule has 6 atom stereocenters. The number of Topliss-reactive ketones (excluding diaryl/α,β-unsaturated/α-hetero) is 3. The summed E-state index contributed by atoms with van der Waals surface area (Å²) in [6.07, 6.45) is 23.9. The minimum absolute atomic E-state index is 0.0677. The van der Waals surface area contributed by atoms with Crippen LogP contribution in [0.5, 0.6) is 0 Å². The molecule has 0 aromatic rings. The normalized spacial score (nSPS) is 26.1. The zero-order chi connectivity index (χ0) is 39.8. The Morgan fingerprint density at radius 2 is 1.69 bits per heavy atom. The Morgan fingerprint density at radius 3 is 2.35 bits per heavy atom. The number of rotatable bonds is 20. The molecule has 2 heterocycles. The number of unbranched alkanes of at least 4 members (excludes halogenated alkanes) is 1. The molecule has 302 valence electrons. The fourth-order valence-corrected chi connectivity index (χ4v) is 8.44. The molecule has 2 aliphatic heterocycles. The number of likely N-dealkylation sites (tertiary alicyclic amines) is 1. The van der Waals surface area contributed by atoms with E-state index < -0.39 is 35.4 Å². The van der Waals surface area contributed by atoms with E-state index in [0.29, 0.717) is 50.9 Å². The van der Waals surface area contributed by atoms with Crippen molar-refractivity contribution < 1.29 is 38.9 Å². The van der Waals surface area contributed by atoms with Crippen LogP contribution in [0.4, 0.5) is 0 Å². The minimum atomic E-state index is -2.37. The van der Waals surface area contributed by atoms with E-state index in [1.54, 1.807) is 6.92 Å². The molecule has 1 saturated carbocycles. The highest BCUT2D eigenvalue weighted by Crippen LogP contribution is 2.40. The van der Waals surface area contributed by atoms with Crippen molar-refractivity contribution in [3.05, 3.63) is 47.1 Å². The molecule has 3 aliphatic rings. The number of carbonyl (C=O) groups is 5. The molecule has 0 aromatic carbocycles. The zero-order valence-corrected chi connectivity index (χ0v) is 34.1. The lowest BCUT2D eigenvalue weighted by molar-refractivity contribution is -0.248. The average molecular weight is 752 g/mol. The summed E-state index contributed by atoms with van der Waals surface area (Å²) in [6.45, 7) is 12.2. The summed E-state index contributed by atoms with van der Waals surface area (Å²) in [4.78, 5) is 65.9. The highest BCUT2D eigenvalue weighted by molar-refractivity contribution is 6.39. The Bertz CT molecular complexity index is 1420. The smallest absolute Gasteiger partial charge is 0.326 e. The third-order valence-corrected chi connectivity index (χ3v) is 12.4. The van der Waals surface area contributed by atoms with Crippen LogP contribution in [0.3, 0.4) is 0 Å². The quantitative estimate of drug-likeness (QED) is 0.0715. The van der Waals surface area contributed by atoms with Crippen LogP contribution in [-0.2, 0) is 28.7 Å². The van der Waals surface area contributed by atoms with Gasteiger partial charge in [-0.05, 0) is 101 Å². The zero-order valence-electron chi connectivity index (χ0n) is 34.1. The van der Waals surface area contributed by atoms with E-state index in [2.05, 4.69) is 39.0 Å². The van der Waals surface area contributed by atoms with Crippen molar-refractivity contribution in [1.29, 1.82) is 0 Å². The molecule has 2 saturated heterocycles. The van der Waals surface area contributed by atoms with Gasteiger partial charge in [0, 0.05) is 37.6 Å². The summed E-state index contributed by atoms with van der Waals surface area (Å²) < 4.78 is 5.66. The van der Waals surface area contributed by atoms with E-state index >= 15 is 0 Å². The summed E-state index contributed by atoms with van der Waals surface area (Å²) in [7, 11) is 0. The Kier molecular flexibility index (Phi) is 18.8. The molecule has 0 radical (unpaired) electrons. The van der Waals surface area contributed by atoms with Gasteiger partial charge in [-0.1, -0.05) is 94.9 Å². The molecular formula is C45H69NO8. The number of hydrogen-bond acceptors (Lipinski definition) is 7. The van der Waals surface area contributed by atoms with Gasteiger partial charge in [-0.2, -0.15) is 0 Å². The van der Waals surface area contributed by atoms with Crippen LogP contribution in [0, 0.1) is 29.6 Å². The van der Waals surface area contributed by atoms with Crippen molar-refractivity contribution in [3.63, 3.8) is 0 Å². The first kappa shape index (κ1) is 45.2. The van der Waals surface area contributed by atoms with Gasteiger partial charge >= 0.3 is 5.97 Å². The van der Waals surface area contributed by atoms with Crippen molar-refractivity contribution in [2.75, 3.05) is 13.2 Å². The number of ether oxygens (including phenoxy) is 1. The van der Waals surface area contributed by atoms with Crippen molar-refractivity contribution in [2.45, 2.75) is 163 Å². The number of ketones is 3. The molecule has 2 N–H and O–H groups in total. The second-order valence-electron chi connectivity index (χ2n) is 16.3. The molecule has 9 nitrogen and oxygen atoms in total. The summed E-state index contributed by atoms with van der Waals surface area (Å²) in [6, 6.07) is -1.10. The summed E-state index contributed by atoms with van der Waals surface area (Å²) in [5, 5.41) is 21.3. The van der Waals surface area contributed by atoms with E-state index in [1.165, 1.54) is 24.8 Å². The highest BCUT2D eigenvalue weighted by atomic mass is 16.6. The highest BCUT2D eigenvalue weighted by Gasteiger charge is 2.53. The molecule has 0 aromatic heterocycles. The third kappa shape index (κ3) is 12.7. The van der Waals surface area contributed by atoms with Gasteiger partial charge in [0.05, 0.1) is 6.61 Å². The van der Waals surface area contributed by atoms with Gasteiger partial charge in [0.25, 0.3) is 11.7 Å². The van der Waals surface area contributed by atoms with Crippen LogP contribution in [-0.4, -0.2) is 69.3 Å². The lowest BCUT2D eigenvalue weighted by Gasteiger charge is -2.43. The molecule has 1 amide bonds. The number of amides is 1. The molecule has 3 rings (SSSR count). The number of carboxylic acids is 1. The average Bonchev–Trinajstić information content (AvgIpc) is 3.18. The van der Waals surface area contributed by atoms with Crippen LogP contribution >= 0.6 is 0 Å². The lowest BCUT2D eigenvalue weighted by Crippen LogP contribution is -2.60. The van der Waals surface area contributed by atoms with E-state index in [-0.39, 0.29) is 48.9 Å². The number of nitrogens with zero attached hydrogens (tertiary/aromatic N) is 1. The number of carbonyl (C=O) groups excluding carboxylic acids is 4. The number of aliphatic hydroxyl groups is 1. The molecule has 0 unspecified atom stereocenters. The van der Waals surface area contributed by atoms with Gasteiger partial charge in [0.15, 0.2) is 0 Å². The Balaban J connectivity index is 1.69. The topological polar surface area (TPSA) is 138 Å². The van der Waals surface area contributed by atoms with Crippen LogP contribution < -0.4 is 0 Å². The lowest BCUT2D eigenvalue weighted by atomic mass is 9.73. The van der Waals surface area contributed by atoms with Crippen LogP contribution in [0.2, 0.25) is 0 Å². The van der Waals surface area contributed by atoms with Crippen molar-refractivity contribution >= 4 is 29.2 Å². The maximum atomic E-state index is 13.6. The summed E-state index contributed by atoms with van der Waals surface area (Å²) in [5.41, 5.74) is 3.23. The fraction of sp³-hybridized carbons (Fsp3) is 0.711.